The van der Waals surface area contributed by atoms with Gasteiger partial charge in [0, 0.05) is 29.4 Å². The number of thiophene rings is 1. The number of ether oxygens (including phenoxy) is 1. The number of hydrogen-bond donors (Lipinski definition) is 1. The number of unbranched alkanes of at least 4 members (excludes halogenated alkanes) is 1. The Kier molecular flexibility index (Phi) is 8.94. The second kappa shape index (κ2) is 12.3. The summed E-state index contributed by atoms with van der Waals surface area (Å²) in [6.07, 6.45) is 9.94. The monoisotopic (exact) mass is 480 g/mol. The minimum absolute atomic E-state index is 0.248. The number of aryl methyl sites for hydroxylation is 2. The van der Waals surface area contributed by atoms with Crippen molar-refractivity contribution in [2.24, 2.45) is 11.8 Å². The molecule has 0 bridgehead atoms. The Hall–Kier alpha value is -2.44. The number of likely N-dealkylation sites (tertiary alicyclic amines) is 1. The number of benzene rings is 1. The summed E-state index contributed by atoms with van der Waals surface area (Å²) in [5, 5.41) is 12.8. The molecule has 5 nitrogen and oxygen atoms in total. The molecule has 2 atom stereocenters. The lowest BCUT2D eigenvalue weighted by molar-refractivity contribution is -0.139. The van der Waals surface area contributed by atoms with Crippen LogP contribution in [0.5, 0.6) is 5.75 Å². The van der Waals surface area contributed by atoms with E-state index in [0.717, 1.165) is 68.4 Å². The van der Waals surface area contributed by atoms with Gasteiger partial charge in [-0.05, 0) is 111 Å². The number of aromatic nitrogens is 1. The number of hydrogen-bond acceptors (Lipinski definition) is 5. The highest BCUT2D eigenvalue weighted by Crippen LogP contribution is 2.32. The van der Waals surface area contributed by atoms with Crippen molar-refractivity contribution in [3.63, 3.8) is 0 Å². The van der Waals surface area contributed by atoms with Gasteiger partial charge in [-0.25, -0.2) is 0 Å². The largest absolute Gasteiger partial charge is 0.497 e. The average molecular weight is 481 g/mol. The van der Waals surface area contributed by atoms with Gasteiger partial charge in [0.05, 0.1) is 12.6 Å². The molecule has 3 heterocycles. The molecule has 1 saturated heterocycles. The van der Waals surface area contributed by atoms with Crippen molar-refractivity contribution in [1.29, 1.82) is 0 Å². The predicted octanol–water partition coefficient (Wildman–Crippen LogP) is 6.06. The first-order valence-electron chi connectivity index (χ1n) is 12.5. The number of carbonyl (C=O) groups is 1. The van der Waals surface area contributed by atoms with E-state index in [0.29, 0.717) is 5.92 Å². The molecule has 0 unspecified atom stereocenters. The molecule has 34 heavy (non-hydrogen) atoms. The van der Waals surface area contributed by atoms with E-state index < -0.39 is 5.97 Å². The van der Waals surface area contributed by atoms with Crippen molar-refractivity contribution >= 4 is 28.2 Å². The maximum atomic E-state index is 11.6. The lowest BCUT2D eigenvalue weighted by atomic mass is 9.79. The summed E-state index contributed by atoms with van der Waals surface area (Å²) in [4.78, 5) is 20.0. The summed E-state index contributed by atoms with van der Waals surface area (Å²) >= 11 is 1.84. The van der Waals surface area contributed by atoms with Crippen LogP contribution in [-0.2, 0) is 17.6 Å². The number of piperidine rings is 1. The predicted molar refractivity (Wildman–Crippen MR) is 139 cm³/mol. The first-order valence-corrected chi connectivity index (χ1v) is 13.4. The number of methoxy groups -OCH3 is 1. The fourth-order valence-electron chi connectivity index (χ4n) is 5.37. The second-order valence-corrected chi connectivity index (χ2v) is 10.5. The van der Waals surface area contributed by atoms with E-state index in [2.05, 4.69) is 39.5 Å². The number of carboxylic acid groups (broad SMARTS) is 1. The van der Waals surface area contributed by atoms with Crippen molar-refractivity contribution in [2.45, 2.75) is 51.4 Å². The molecule has 0 amide bonds. The summed E-state index contributed by atoms with van der Waals surface area (Å²) in [5.74, 6) is 0.923. The van der Waals surface area contributed by atoms with Gasteiger partial charge in [-0.3, -0.25) is 9.78 Å². The van der Waals surface area contributed by atoms with E-state index in [1.54, 1.807) is 7.11 Å². The third-order valence-corrected chi connectivity index (χ3v) is 8.14. The lowest BCUT2D eigenvalue weighted by Crippen LogP contribution is -2.41. The van der Waals surface area contributed by atoms with Gasteiger partial charge in [-0.15, -0.1) is 11.3 Å². The molecule has 0 aliphatic carbocycles. The van der Waals surface area contributed by atoms with Gasteiger partial charge < -0.3 is 14.7 Å². The van der Waals surface area contributed by atoms with E-state index in [1.165, 1.54) is 23.3 Å². The van der Waals surface area contributed by atoms with Crippen LogP contribution in [0, 0.1) is 11.8 Å². The summed E-state index contributed by atoms with van der Waals surface area (Å²) in [6.45, 7) is 3.10. The molecular formula is C28H36N2O3S. The van der Waals surface area contributed by atoms with Crippen LogP contribution in [0.1, 0.15) is 49.0 Å². The summed E-state index contributed by atoms with van der Waals surface area (Å²) in [7, 11) is 1.69. The van der Waals surface area contributed by atoms with E-state index >= 15 is 0 Å². The van der Waals surface area contributed by atoms with Crippen molar-refractivity contribution < 1.29 is 14.6 Å². The number of carboxylic acids is 1. The summed E-state index contributed by atoms with van der Waals surface area (Å²) in [5.41, 5.74) is 2.29. The third kappa shape index (κ3) is 6.80. The van der Waals surface area contributed by atoms with Gasteiger partial charge in [0.1, 0.15) is 5.75 Å². The number of pyridine rings is 1. The molecule has 0 saturated carbocycles. The zero-order chi connectivity index (χ0) is 23.8. The third-order valence-electron chi connectivity index (χ3n) is 7.20. The summed E-state index contributed by atoms with van der Waals surface area (Å²) < 4.78 is 5.40. The molecule has 0 spiro atoms. The first kappa shape index (κ1) is 24.7. The van der Waals surface area contributed by atoms with Crippen LogP contribution in [0.4, 0.5) is 0 Å². The van der Waals surface area contributed by atoms with Crippen LogP contribution < -0.4 is 4.74 Å². The summed E-state index contributed by atoms with van der Waals surface area (Å²) in [6, 6.07) is 12.5. The molecule has 1 aromatic carbocycles. The second-order valence-electron chi connectivity index (χ2n) is 9.49. The smallest absolute Gasteiger partial charge is 0.303 e. The number of fused-ring (bicyclic) bond motifs is 1. The van der Waals surface area contributed by atoms with Gasteiger partial charge in [0.15, 0.2) is 0 Å². The van der Waals surface area contributed by atoms with Gasteiger partial charge in [-0.1, -0.05) is 6.07 Å². The van der Waals surface area contributed by atoms with Crippen LogP contribution in [0.2, 0.25) is 0 Å². The Morgan fingerprint density at radius 1 is 1.18 bits per heavy atom. The highest BCUT2D eigenvalue weighted by Gasteiger charge is 2.30. The average Bonchev–Trinajstić information content (AvgIpc) is 3.36. The Balaban J connectivity index is 1.28. The fourth-order valence-corrected chi connectivity index (χ4v) is 6.12. The SMILES string of the molecule is COc1ccc2nccc(CCC[C@@H]3CCN(CCCCc4cccs4)C[C@@H]3CC(=O)O)c2c1. The van der Waals surface area contributed by atoms with Crippen LogP contribution in [0.3, 0.4) is 0 Å². The molecule has 182 valence electrons. The van der Waals surface area contributed by atoms with Crippen molar-refractivity contribution in [1.82, 2.24) is 9.88 Å². The standard InChI is InChI=1S/C28H36N2O3S/c1-33-24-10-11-27-26(19-24)22(12-14-29-27)7-4-6-21-13-16-30(20-23(21)18-28(31)32)15-3-2-8-25-9-5-17-34-25/h5,9-12,14,17,19,21,23H,2-4,6-8,13,15-16,18,20H2,1H3,(H,31,32)/t21-,23+/m1/s1. The van der Waals surface area contributed by atoms with Crippen LogP contribution in [-0.4, -0.2) is 47.7 Å². The molecule has 0 radical (unpaired) electrons. The zero-order valence-corrected chi connectivity index (χ0v) is 20.9. The Morgan fingerprint density at radius 3 is 2.88 bits per heavy atom. The highest BCUT2D eigenvalue weighted by atomic mass is 32.1. The lowest BCUT2D eigenvalue weighted by Gasteiger charge is -2.38. The minimum Gasteiger partial charge on any atom is -0.497 e. The van der Waals surface area contributed by atoms with E-state index in [-0.39, 0.29) is 12.3 Å². The molecule has 6 heteroatoms. The number of rotatable bonds is 12. The first-order chi connectivity index (χ1) is 16.6. The maximum absolute atomic E-state index is 11.6. The molecule has 1 aliphatic rings. The highest BCUT2D eigenvalue weighted by molar-refractivity contribution is 7.09. The Bertz CT molecular complexity index is 1050. The molecule has 2 aromatic heterocycles. The Labute approximate surface area is 206 Å². The maximum Gasteiger partial charge on any atom is 0.303 e. The van der Waals surface area contributed by atoms with Gasteiger partial charge >= 0.3 is 5.97 Å². The number of nitrogens with zero attached hydrogens (tertiary/aromatic N) is 2. The molecule has 1 N–H and O–H groups in total. The van der Waals surface area contributed by atoms with E-state index in [9.17, 15) is 9.90 Å². The van der Waals surface area contributed by atoms with Crippen LogP contribution >= 0.6 is 11.3 Å². The van der Waals surface area contributed by atoms with Crippen molar-refractivity contribution in [2.75, 3.05) is 26.7 Å². The van der Waals surface area contributed by atoms with Crippen LogP contribution in [0.15, 0.2) is 48.0 Å². The van der Waals surface area contributed by atoms with Crippen molar-refractivity contribution in [3.8, 4) is 5.75 Å². The minimum atomic E-state index is -0.665. The van der Waals surface area contributed by atoms with Crippen LogP contribution in [0.25, 0.3) is 10.9 Å². The molecule has 4 rings (SSSR count). The van der Waals surface area contributed by atoms with Crippen molar-refractivity contribution in [3.05, 3.63) is 58.4 Å². The zero-order valence-electron chi connectivity index (χ0n) is 20.1. The molecule has 1 fully saturated rings. The number of aliphatic carboxylic acids is 1. The molecular weight excluding hydrogens is 444 g/mol. The van der Waals surface area contributed by atoms with E-state index in [1.807, 2.05) is 29.7 Å². The Morgan fingerprint density at radius 2 is 2.09 bits per heavy atom. The topological polar surface area (TPSA) is 62.7 Å². The van der Waals surface area contributed by atoms with E-state index in [4.69, 9.17) is 4.74 Å². The molecule has 3 aromatic rings. The normalized spacial score (nSPS) is 18.9. The van der Waals surface area contributed by atoms with Gasteiger partial charge in [0.25, 0.3) is 0 Å². The fraction of sp³-hybridized carbons (Fsp3) is 0.500. The van der Waals surface area contributed by atoms with Gasteiger partial charge in [-0.2, -0.15) is 0 Å². The molecule has 1 aliphatic heterocycles. The van der Waals surface area contributed by atoms with Gasteiger partial charge in [0.2, 0.25) is 0 Å². The quantitative estimate of drug-likeness (QED) is 0.319.